The lowest BCUT2D eigenvalue weighted by molar-refractivity contribution is -0.115. The third kappa shape index (κ3) is 3.31. The van der Waals surface area contributed by atoms with E-state index in [4.69, 9.17) is 0 Å². The SMILES string of the molecule is CCC(=O)Nc1ccc(Nc2ccc(C)cc2)c2c1C(=O)c1ccccc1C2=O. The molecule has 0 bridgehead atoms. The van der Waals surface area contributed by atoms with Crippen molar-refractivity contribution in [2.45, 2.75) is 20.3 Å². The van der Waals surface area contributed by atoms with E-state index in [1.165, 1.54) is 0 Å². The normalized spacial score (nSPS) is 12.2. The summed E-state index contributed by atoms with van der Waals surface area (Å²) in [5.41, 5.74) is 4.05. The molecule has 0 saturated heterocycles. The summed E-state index contributed by atoms with van der Waals surface area (Å²) in [6, 6.07) is 17.9. The van der Waals surface area contributed by atoms with Crippen LogP contribution in [0.25, 0.3) is 0 Å². The van der Waals surface area contributed by atoms with Crippen molar-refractivity contribution in [3.8, 4) is 0 Å². The molecule has 0 spiro atoms. The van der Waals surface area contributed by atoms with Gasteiger partial charge in [0.15, 0.2) is 11.6 Å². The number of carbonyl (C=O) groups is 3. The van der Waals surface area contributed by atoms with Crippen LogP contribution in [0.2, 0.25) is 0 Å². The highest BCUT2D eigenvalue weighted by molar-refractivity contribution is 6.32. The Morgan fingerprint density at radius 3 is 1.93 bits per heavy atom. The molecule has 0 heterocycles. The molecule has 1 aliphatic rings. The molecule has 2 N–H and O–H groups in total. The number of nitrogens with one attached hydrogen (secondary N) is 2. The fourth-order valence-corrected chi connectivity index (χ4v) is 3.46. The van der Waals surface area contributed by atoms with Gasteiger partial charge in [-0.1, -0.05) is 48.9 Å². The molecule has 0 radical (unpaired) electrons. The Hall–Kier alpha value is -3.73. The first-order valence-corrected chi connectivity index (χ1v) is 9.48. The molecule has 0 atom stereocenters. The van der Waals surface area contributed by atoms with E-state index in [-0.39, 0.29) is 35.0 Å². The lowest BCUT2D eigenvalue weighted by Crippen LogP contribution is -2.24. The highest BCUT2D eigenvalue weighted by atomic mass is 16.2. The van der Waals surface area contributed by atoms with E-state index < -0.39 is 0 Å². The van der Waals surface area contributed by atoms with Gasteiger partial charge in [0, 0.05) is 23.2 Å². The maximum Gasteiger partial charge on any atom is 0.224 e. The second-order valence-electron chi connectivity index (χ2n) is 7.01. The van der Waals surface area contributed by atoms with Gasteiger partial charge in [-0.2, -0.15) is 0 Å². The van der Waals surface area contributed by atoms with E-state index in [1.54, 1.807) is 43.3 Å². The van der Waals surface area contributed by atoms with Crippen LogP contribution in [0.3, 0.4) is 0 Å². The van der Waals surface area contributed by atoms with Crippen LogP contribution in [-0.2, 0) is 4.79 Å². The van der Waals surface area contributed by atoms with Gasteiger partial charge in [0.05, 0.1) is 22.5 Å². The molecule has 3 aromatic carbocycles. The molecule has 0 fully saturated rings. The predicted molar refractivity (Wildman–Crippen MR) is 113 cm³/mol. The van der Waals surface area contributed by atoms with Crippen molar-refractivity contribution in [1.82, 2.24) is 0 Å². The number of hydrogen-bond donors (Lipinski definition) is 2. The molecule has 1 aliphatic carbocycles. The quantitative estimate of drug-likeness (QED) is 0.527. The number of amides is 1. The smallest absolute Gasteiger partial charge is 0.224 e. The minimum absolute atomic E-state index is 0.217. The summed E-state index contributed by atoms with van der Waals surface area (Å²) in [4.78, 5) is 38.6. The van der Waals surface area contributed by atoms with Crippen molar-refractivity contribution in [3.63, 3.8) is 0 Å². The van der Waals surface area contributed by atoms with Gasteiger partial charge in [0.2, 0.25) is 5.91 Å². The van der Waals surface area contributed by atoms with E-state index in [2.05, 4.69) is 10.6 Å². The Morgan fingerprint density at radius 2 is 1.34 bits per heavy atom. The minimum atomic E-state index is -0.269. The molecule has 0 unspecified atom stereocenters. The molecule has 5 nitrogen and oxygen atoms in total. The summed E-state index contributed by atoms with van der Waals surface area (Å²) < 4.78 is 0. The van der Waals surface area contributed by atoms with Crippen LogP contribution in [0.1, 0.15) is 50.8 Å². The highest BCUT2D eigenvalue weighted by Crippen LogP contribution is 2.37. The van der Waals surface area contributed by atoms with E-state index >= 15 is 0 Å². The van der Waals surface area contributed by atoms with Crippen molar-refractivity contribution in [2.75, 3.05) is 10.6 Å². The first-order valence-electron chi connectivity index (χ1n) is 9.48. The van der Waals surface area contributed by atoms with Gasteiger partial charge in [-0.3, -0.25) is 14.4 Å². The number of fused-ring (bicyclic) bond motifs is 2. The molecule has 144 valence electrons. The number of ketones is 2. The average molecular weight is 384 g/mol. The summed E-state index contributed by atoms with van der Waals surface area (Å²) in [6.45, 7) is 3.73. The molecule has 0 aliphatic heterocycles. The largest absolute Gasteiger partial charge is 0.355 e. The Kier molecular flexibility index (Phi) is 4.72. The maximum absolute atomic E-state index is 13.3. The number of rotatable bonds is 4. The molecular formula is C24H20N2O3. The Balaban J connectivity index is 1.89. The van der Waals surface area contributed by atoms with Gasteiger partial charge >= 0.3 is 0 Å². The zero-order valence-electron chi connectivity index (χ0n) is 16.2. The molecule has 4 rings (SSSR count). The monoisotopic (exact) mass is 384 g/mol. The zero-order valence-corrected chi connectivity index (χ0v) is 16.2. The van der Waals surface area contributed by atoms with Gasteiger partial charge in [0.25, 0.3) is 0 Å². The fraction of sp³-hybridized carbons (Fsp3) is 0.125. The molecule has 1 amide bonds. The summed E-state index contributed by atoms with van der Waals surface area (Å²) in [5.74, 6) is -0.725. The Bertz CT molecular complexity index is 1150. The van der Waals surface area contributed by atoms with E-state index in [0.717, 1.165) is 11.3 Å². The highest BCUT2D eigenvalue weighted by Gasteiger charge is 2.34. The standard InChI is InChI=1S/C24H20N2O3/c1-3-20(27)26-19-13-12-18(25-15-10-8-14(2)9-11-15)21-22(19)24(29)17-7-5-4-6-16(17)23(21)28/h4-13,25H,3H2,1-2H3,(H,26,27). The van der Waals surface area contributed by atoms with Gasteiger partial charge in [0.1, 0.15) is 0 Å². The van der Waals surface area contributed by atoms with Crippen LogP contribution in [0.4, 0.5) is 17.1 Å². The van der Waals surface area contributed by atoms with Crippen molar-refractivity contribution in [2.24, 2.45) is 0 Å². The summed E-state index contributed by atoms with van der Waals surface area (Å²) in [5, 5.41) is 6.01. The van der Waals surface area contributed by atoms with Gasteiger partial charge < -0.3 is 10.6 Å². The fourth-order valence-electron chi connectivity index (χ4n) is 3.46. The topological polar surface area (TPSA) is 75.3 Å². The van der Waals surface area contributed by atoms with Crippen molar-refractivity contribution in [3.05, 3.63) is 88.5 Å². The predicted octanol–water partition coefficient (Wildman–Crippen LogP) is 4.86. The molecule has 3 aromatic rings. The second-order valence-corrected chi connectivity index (χ2v) is 7.01. The lowest BCUT2D eigenvalue weighted by Gasteiger charge is -2.23. The number of anilines is 3. The van der Waals surface area contributed by atoms with Crippen LogP contribution < -0.4 is 10.6 Å². The summed E-state index contributed by atoms with van der Waals surface area (Å²) >= 11 is 0. The average Bonchev–Trinajstić information content (AvgIpc) is 2.74. The molecular weight excluding hydrogens is 364 g/mol. The van der Waals surface area contributed by atoms with Crippen LogP contribution in [0.5, 0.6) is 0 Å². The number of carbonyl (C=O) groups excluding carboxylic acids is 3. The minimum Gasteiger partial charge on any atom is -0.355 e. The maximum atomic E-state index is 13.3. The third-order valence-corrected chi connectivity index (χ3v) is 5.00. The first kappa shape index (κ1) is 18.6. The van der Waals surface area contributed by atoms with Gasteiger partial charge in [-0.05, 0) is 31.2 Å². The lowest BCUT2D eigenvalue weighted by atomic mass is 9.82. The summed E-state index contributed by atoms with van der Waals surface area (Å²) in [6.07, 6.45) is 0.275. The van der Waals surface area contributed by atoms with Crippen molar-refractivity contribution >= 4 is 34.5 Å². The van der Waals surface area contributed by atoms with E-state index in [0.29, 0.717) is 22.5 Å². The third-order valence-electron chi connectivity index (χ3n) is 5.00. The van der Waals surface area contributed by atoms with Crippen LogP contribution in [-0.4, -0.2) is 17.5 Å². The number of hydrogen-bond acceptors (Lipinski definition) is 4. The van der Waals surface area contributed by atoms with E-state index in [1.807, 2.05) is 31.2 Å². The van der Waals surface area contributed by atoms with Crippen LogP contribution >= 0.6 is 0 Å². The molecule has 0 saturated carbocycles. The molecule has 29 heavy (non-hydrogen) atoms. The zero-order chi connectivity index (χ0) is 20.5. The van der Waals surface area contributed by atoms with E-state index in [9.17, 15) is 14.4 Å². The molecule has 0 aromatic heterocycles. The first-order chi connectivity index (χ1) is 14.0. The second kappa shape index (κ2) is 7.36. The summed E-state index contributed by atoms with van der Waals surface area (Å²) in [7, 11) is 0. The van der Waals surface area contributed by atoms with Crippen molar-refractivity contribution < 1.29 is 14.4 Å². The van der Waals surface area contributed by atoms with Crippen molar-refractivity contribution in [1.29, 1.82) is 0 Å². The van der Waals surface area contributed by atoms with Gasteiger partial charge in [-0.25, -0.2) is 0 Å². The Morgan fingerprint density at radius 1 is 0.793 bits per heavy atom. The van der Waals surface area contributed by atoms with Gasteiger partial charge in [-0.15, -0.1) is 0 Å². The van der Waals surface area contributed by atoms with Crippen LogP contribution in [0.15, 0.2) is 60.7 Å². The number of aryl methyl sites for hydroxylation is 1. The molecule has 5 heteroatoms. The number of benzene rings is 3. The Labute approximate surface area is 168 Å². The van der Waals surface area contributed by atoms with Crippen LogP contribution in [0, 0.1) is 6.92 Å².